The van der Waals surface area contributed by atoms with Crippen molar-refractivity contribution < 1.29 is 43.2 Å². The van der Waals surface area contributed by atoms with Crippen molar-refractivity contribution in [2.24, 2.45) is 11.8 Å². The zero-order chi connectivity index (χ0) is 18.0. The third-order valence-corrected chi connectivity index (χ3v) is 3.90. The lowest BCUT2D eigenvalue weighted by atomic mass is 10.0. The molecule has 1 heterocycles. The third kappa shape index (κ3) is 3.40. The normalized spacial score (nSPS) is 29.2. The van der Waals surface area contributed by atoms with Crippen LogP contribution in [-0.2, 0) is 38.1 Å². The fourth-order valence-corrected chi connectivity index (χ4v) is 2.71. The molecule has 0 radical (unpaired) electrons. The van der Waals surface area contributed by atoms with E-state index in [2.05, 4.69) is 4.74 Å². The Morgan fingerprint density at radius 2 is 2.00 bits per heavy atom. The molecule has 0 aromatic rings. The first-order valence-electron chi connectivity index (χ1n) is 7.34. The molecular weight excluding hydrogens is 324 g/mol. The molecule has 0 saturated heterocycles. The highest BCUT2D eigenvalue weighted by Gasteiger charge is 2.64. The Balaban J connectivity index is 2.11. The van der Waals surface area contributed by atoms with Crippen LogP contribution in [-0.4, -0.2) is 61.0 Å². The van der Waals surface area contributed by atoms with E-state index in [9.17, 15) is 24.3 Å². The van der Waals surface area contributed by atoms with Crippen LogP contribution in [0.1, 0.15) is 13.8 Å². The maximum absolute atomic E-state index is 11.9. The van der Waals surface area contributed by atoms with E-state index in [1.807, 2.05) is 0 Å². The molecule has 5 atom stereocenters. The molecule has 0 aromatic carbocycles. The minimum Gasteiger partial charge on any atom is -0.466 e. The van der Waals surface area contributed by atoms with Gasteiger partial charge in [0.1, 0.15) is 24.2 Å². The van der Waals surface area contributed by atoms with Gasteiger partial charge in [-0.15, -0.1) is 0 Å². The Morgan fingerprint density at radius 1 is 1.33 bits per heavy atom. The van der Waals surface area contributed by atoms with E-state index in [0.29, 0.717) is 5.57 Å². The first-order chi connectivity index (χ1) is 11.3. The van der Waals surface area contributed by atoms with E-state index in [-0.39, 0.29) is 6.61 Å². The van der Waals surface area contributed by atoms with Gasteiger partial charge in [0.2, 0.25) is 0 Å². The summed E-state index contributed by atoms with van der Waals surface area (Å²) in [5.74, 6) is -5.57. The monoisotopic (exact) mass is 342 g/mol. The molecule has 1 aliphatic carbocycles. The molecule has 1 fully saturated rings. The fourth-order valence-electron chi connectivity index (χ4n) is 2.71. The standard InChI is InChI=1S/C15H18O9/c1-4-22-13(18)9-8(12(9)24-15(20)14(19)21-3)10(17)11-6(2)5-7(16)23-11/h5,8-12,17H,4H2,1-3H3/t8-,9+,10-,11-,12+/m0/s1. The fraction of sp³-hybridized carbons (Fsp3) is 0.600. The Morgan fingerprint density at radius 3 is 2.50 bits per heavy atom. The van der Waals surface area contributed by atoms with E-state index in [1.54, 1.807) is 13.8 Å². The first kappa shape index (κ1) is 17.9. The Bertz CT molecular complexity index is 594. The summed E-state index contributed by atoms with van der Waals surface area (Å²) in [5.41, 5.74) is 0.486. The molecule has 1 saturated carbocycles. The van der Waals surface area contributed by atoms with Gasteiger partial charge in [0.15, 0.2) is 0 Å². The summed E-state index contributed by atoms with van der Waals surface area (Å²) in [6.45, 7) is 3.30. The molecule has 1 N–H and O–H groups in total. The van der Waals surface area contributed by atoms with E-state index in [4.69, 9.17) is 14.2 Å². The largest absolute Gasteiger partial charge is 0.466 e. The van der Waals surface area contributed by atoms with Crippen LogP contribution in [0.4, 0.5) is 0 Å². The second-order valence-corrected chi connectivity index (χ2v) is 5.45. The highest BCUT2D eigenvalue weighted by Crippen LogP contribution is 2.47. The average Bonchev–Trinajstić information content (AvgIpc) is 3.14. The molecule has 2 rings (SSSR count). The van der Waals surface area contributed by atoms with Gasteiger partial charge in [-0.2, -0.15) is 0 Å². The van der Waals surface area contributed by atoms with Crippen molar-refractivity contribution in [3.63, 3.8) is 0 Å². The van der Waals surface area contributed by atoms with E-state index >= 15 is 0 Å². The molecular formula is C15H18O9. The summed E-state index contributed by atoms with van der Waals surface area (Å²) >= 11 is 0. The van der Waals surface area contributed by atoms with Gasteiger partial charge in [-0.25, -0.2) is 14.4 Å². The van der Waals surface area contributed by atoms with Crippen molar-refractivity contribution in [1.82, 2.24) is 0 Å². The molecule has 0 unspecified atom stereocenters. The van der Waals surface area contributed by atoms with Gasteiger partial charge in [0.05, 0.1) is 13.7 Å². The van der Waals surface area contributed by atoms with Crippen LogP contribution in [0.3, 0.4) is 0 Å². The molecule has 9 heteroatoms. The van der Waals surface area contributed by atoms with Crippen LogP contribution < -0.4 is 0 Å². The van der Waals surface area contributed by atoms with Crippen LogP contribution in [0, 0.1) is 11.8 Å². The van der Waals surface area contributed by atoms with Crippen molar-refractivity contribution in [2.45, 2.75) is 32.2 Å². The SMILES string of the molecule is CCOC(=O)[C@H]1[C@H](OC(=O)C(=O)OC)[C@@H]1[C@H](O)[C@H]1OC(=O)C=C1C. The number of carbonyl (C=O) groups is 4. The van der Waals surface area contributed by atoms with Crippen molar-refractivity contribution in [3.05, 3.63) is 11.6 Å². The Labute approximate surface area is 137 Å². The first-order valence-corrected chi connectivity index (χ1v) is 7.34. The van der Waals surface area contributed by atoms with Gasteiger partial charge in [0, 0.05) is 12.0 Å². The molecule has 0 amide bonds. The van der Waals surface area contributed by atoms with Crippen molar-refractivity contribution in [3.8, 4) is 0 Å². The molecule has 24 heavy (non-hydrogen) atoms. The molecule has 0 bridgehead atoms. The number of hydrogen-bond donors (Lipinski definition) is 1. The summed E-state index contributed by atoms with van der Waals surface area (Å²) < 4.78 is 19.0. The van der Waals surface area contributed by atoms with E-state index in [0.717, 1.165) is 7.11 Å². The lowest BCUT2D eigenvalue weighted by Gasteiger charge is -2.19. The number of ether oxygens (including phenoxy) is 4. The summed E-state index contributed by atoms with van der Waals surface area (Å²) in [4.78, 5) is 45.9. The minimum absolute atomic E-state index is 0.104. The highest BCUT2D eigenvalue weighted by molar-refractivity contribution is 6.29. The molecule has 9 nitrogen and oxygen atoms in total. The molecule has 2 aliphatic rings. The van der Waals surface area contributed by atoms with Crippen molar-refractivity contribution >= 4 is 23.9 Å². The second kappa shape index (κ2) is 7.00. The van der Waals surface area contributed by atoms with Crippen molar-refractivity contribution in [2.75, 3.05) is 13.7 Å². The van der Waals surface area contributed by atoms with Gasteiger partial charge >= 0.3 is 23.9 Å². The van der Waals surface area contributed by atoms with E-state index in [1.165, 1.54) is 6.08 Å². The number of aliphatic hydroxyl groups is 1. The summed E-state index contributed by atoms with van der Waals surface area (Å²) in [6.07, 6.45) is -2.05. The number of hydrogen-bond acceptors (Lipinski definition) is 9. The predicted molar refractivity (Wildman–Crippen MR) is 75.2 cm³/mol. The van der Waals surface area contributed by atoms with Crippen LogP contribution in [0.15, 0.2) is 11.6 Å². The maximum Gasteiger partial charge on any atom is 0.417 e. The van der Waals surface area contributed by atoms with Gasteiger partial charge < -0.3 is 24.1 Å². The molecule has 1 aliphatic heterocycles. The zero-order valence-electron chi connectivity index (χ0n) is 13.4. The topological polar surface area (TPSA) is 125 Å². The highest BCUT2D eigenvalue weighted by atomic mass is 16.6. The molecule has 0 spiro atoms. The van der Waals surface area contributed by atoms with Gasteiger partial charge in [0.25, 0.3) is 0 Å². The second-order valence-electron chi connectivity index (χ2n) is 5.45. The summed E-state index contributed by atoms with van der Waals surface area (Å²) in [5, 5.41) is 10.4. The number of aliphatic hydroxyl groups excluding tert-OH is 1. The van der Waals surface area contributed by atoms with Gasteiger partial charge in [-0.05, 0) is 19.4 Å². The summed E-state index contributed by atoms with van der Waals surface area (Å²) in [7, 11) is 1.01. The van der Waals surface area contributed by atoms with Crippen LogP contribution in [0.5, 0.6) is 0 Å². The predicted octanol–water partition coefficient (Wildman–Crippen LogP) is -0.887. The minimum atomic E-state index is -1.28. The zero-order valence-corrected chi connectivity index (χ0v) is 13.4. The molecule has 132 valence electrons. The van der Waals surface area contributed by atoms with E-state index < -0.39 is 54.0 Å². The number of cyclic esters (lactones) is 1. The quantitative estimate of drug-likeness (QED) is 0.385. The lowest BCUT2D eigenvalue weighted by molar-refractivity contribution is -0.168. The maximum atomic E-state index is 11.9. The van der Waals surface area contributed by atoms with Gasteiger partial charge in [-0.1, -0.05) is 0 Å². The number of rotatable bonds is 5. The molecule has 0 aromatic heterocycles. The van der Waals surface area contributed by atoms with Crippen LogP contribution >= 0.6 is 0 Å². The number of carbonyl (C=O) groups excluding carboxylic acids is 4. The third-order valence-electron chi connectivity index (χ3n) is 3.90. The van der Waals surface area contributed by atoms with Crippen molar-refractivity contribution in [1.29, 1.82) is 0 Å². The smallest absolute Gasteiger partial charge is 0.417 e. The van der Waals surface area contributed by atoms with Gasteiger partial charge in [-0.3, -0.25) is 4.79 Å². The van der Waals surface area contributed by atoms with Crippen LogP contribution in [0.25, 0.3) is 0 Å². The lowest BCUT2D eigenvalue weighted by Crippen LogP contribution is -2.32. The average molecular weight is 342 g/mol. The van der Waals surface area contributed by atoms with Crippen LogP contribution in [0.2, 0.25) is 0 Å². The number of esters is 4. The Hall–Kier alpha value is -2.42. The number of methoxy groups -OCH3 is 1. The Kier molecular flexibility index (Phi) is 5.23. The summed E-state index contributed by atoms with van der Waals surface area (Å²) in [6, 6.07) is 0.